The summed E-state index contributed by atoms with van der Waals surface area (Å²) in [6, 6.07) is 54.6. The molecule has 3 heterocycles. The van der Waals surface area contributed by atoms with Crippen LogP contribution in [-0.2, 0) is 0 Å². The van der Waals surface area contributed by atoms with E-state index >= 15 is 0 Å². The van der Waals surface area contributed by atoms with E-state index in [4.69, 9.17) is 24.4 Å². The number of fused-ring (bicyclic) bond motifs is 3. The fraction of sp³-hybridized carbons (Fsp3) is 0. The number of nitrogens with zero attached hydrogens (tertiary/aromatic N) is 5. The SMILES string of the molecule is N#Cc1cccc(-c2ccc(-c3nc(-c4ccccc4)nc(-c4ccc5c(c4)oc4ccnc(-c6ccc(-c7ccccc7)cc6)c45)n3)cc2)c1. The first-order valence-corrected chi connectivity index (χ1v) is 16.6. The molecule has 0 saturated carbocycles. The zero-order chi connectivity index (χ0) is 34.1. The number of rotatable bonds is 6. The quantitative estimate of drug-likeness (QED) is 0.177. The van der Waals surface area contributed by atoms with Gasteiger partial charge in [0.05, 0.1) is 22.7 Å². The van der Waals surface area contributed by atoms with Crippen molar-refractivity contribution in [2.45, 2.75) is 0 Å². The molecule has 0 aliphatic carbocycles. The average molecular weight is 654 g/mol. The lowest BCUT2D eigenvalue weighted by Crippen LogP contribution is -2.00. The molecule has 6 aromatic carbocycles. The van der Waals surface area contributed by atoms with Gasteiger partial charge in [-0.25, -0.2) is 15.0 Å². The summed E-state index contributed by atoms with van der Waals surface area (Å²) in [5.74, 6) is 1.68. The fourth-order valence-electron chi connectivity index (χ4n) is 6.46. The molecule has 9 rings (SSSR count). The zero-order valence-electron chi connectivity index (χ0n) is 27.2. The monoisotopic (exact) mass is 653 g/mol. The minimum Gasteiger partial charge on any atom is -0.456 e. The zero-order valence-corrected chi connectivity index (χ0v) is 27.2. The Morgan fingerprint density at radius 3 is 1.65 bits per heavy atom. The smallest absolute Gasteiger partial charge is 0.164 e. The molecule has 0 N–H and O–H groups in total. The Bertz CT molecular complexity index is 2730. The van der Waals surface area contributed by atoms with Crippen LogP contribution in [0.15, 0.2) is 168 Å². The van der Waals surface area contributed by atoms with Crippen LogP contribution in [0.25, 0.3) is 89.6 Å². The van der Waals surface area contributed by atoms with Crippen molar-refractivity contribution in [3.05, 3.63) is 169 Å². The van der Waals surface area contributed by atoms with Crippen molar-refractivity contribution in [3.63, 3.8) is 0 Å². The van der Waals surface area contributed by atoms with Gasteiger partial charge in [0.25, 0.3) is 0 Å². The summed E-state index contributed by atoms with van der Waals surface area (Å²) in [6.45, 7) is 0. The van der Waals surface area contributed by atoms with E-state index in [9.17, 15) is 5.26 Å². The van der Waals surface area contributed by atoms with E-state index in [0.29, 0.717) is 23.0 Å². The lowest BCUT2D eigenvalue weighted by atomic mass is 10.0. The first-order chi connectivity index (χ1) is 25.2. The van der Waals surface area contributed by atoms with Gasteiger partial charge in [0.2, 0.25) is 0 Å². The first kappa shape index (κ1) is 29.9. The highest BCUT2D eigenvalue weighted by atomic mass is 16.3. The molecule has 6 heteroatoms. The third-order valence-electron chi connectivity index (χ3n) is 9.04. The Balaban J connectivity index is 1.12. The van der Waals surface area contributed by atoms with Crippen LogP contribution in [0.3, 0.4) is 0 Å². The third-order valence-corrected chi connectivity index (χ3v) is 9.04. The molecule has 0 saturated heterocycles. The average Bonchev–Trinajstić information content (AvgIpc) is 3.60. The van der Waals surface area contributed by atoms with Gasteiger partial charge in [0, 0.05) is 33.8 Å². The van der Waals surface area contributed by atoms with E-state index in [1.54, 1.807) is 12.3 Å². The minimum absolute atomic E-state index is 0.543. The van der Waals surface area contributed by atoms with Gasteiger partial charge in [0.1, 0.15) is 11.2 Å². The molecular weight excluding hydrogens is 627 g/mol. The number of furan rings is 1. The summed E-state index contributed by atoms with van der Waals surface area (Å²) in [6.07, 6.45) is 1.79. The van der Waals surface area contributed by atoms with Crippen LogP contribution in [0.4, 0.5) is 0 Å². The van der Waals surface area contributed by atoms with Gasteiger partial charge < -0.3 is 4.42 Å². The maximum absolute atomic E-state index is 9.36. The van der Waals surface area contributed by atoms with Crippen LogP contribution in [0.2, 0.25) is 0 Å². The largest absolute Gasteiger partial charge is 0.456 e. The van der Waals surface area contributed by atoms with Gasteiger partial charge in [0.15, 0.2) is 17.5 Å². The predicted octanol–water partition coefficient (Wildman–Crippen LogP) is 11.0. The normalized spacial score (nSPS) is 11.1. The van der Waals surface area contributed by atoms with Gasteiger partial charge >= 0.3 is 0 Å². The number of aromatic nitrogens is 4. The molecule has 0 amide bonds. The van der Waals surface area contributed by atoms with Crippen LogP contribution < -0.4 is 0 Å². The van der Waals surface area contributed by atoms with Crippen LogP contribution in [-0.4, -0.2) is 19.9 Å². The molecule has 0 fully saturated rings. The predicted molar refractivity (Wildman–Crippen MR) is 202 cm³/mol. The third kappa shape index (κ3) is 5.69. The number of hydrogen-bond donors (Lipinski definition) is 0. The van der Waals surface area contributed by atoms with Crippen molar-refractivity contribution in [3.8, 4) is 73.7 Å². The standard InChI is InChI=1S/C45H27N5O/c46-28-29-8-7-13-36(26-29)32-16-20-35(21-17-32)44-48-43(34-11-5-2-6-12-34)49-45(50-44)37-22-23-38-40(27-37)51-39-24-25-47-42(41(38)39)33-18-14-31(15-19-33)30-9-3-1-4-10-30/h1-27H. The lowest BCUT2D eigenvalue weighted by molar-refractivity contribution is 0.668. The molecule has 0 aliphatic rings. The van der Waals surface area contributed by atoms with E-state index in [2.05, 4.69) is 48.5 Å². The van der Waals surface area contributed by atoms with E-state index in [1.807, 2.05) is 109 Å². The summed E-state index contributed by atoms with van der Waals surface area (Å²) in [5, 5.41) is 11.3. The molecule has 0 radical (unpaired) electrons. The summed E-state index contributed by atoms with van der Waals surface area (Å²) >= 11 is 0. The molecule has 0 unspecified atom stereocenters. The molecule has 238 valence electrons. The molecule has 3 aromatic heterocycles. The van der Waals surface area contributed by atoms with Crippen molar-refractivity contribution in [1.82, 2.24) is 19.9 Å². The van der Waals surface area contributed by atoms with Crippen molar-refractivity contribution >= 4 is 21.9 Å². The van der Waals surface area contributed by atoms with Crippen LogP contribution in [0, 0.1) is 11.3 Å². The number of hydrogen-bond acceptors (Lipinski definition) is 6. The Morgan fingerprint density at radius 2 is 0.961 bits per heavy atom. The number of pyridine rings is 1. The van der Waals surface area contributed by atoms with Crippen molar-refractivity contribution in [1.29, 1.82) is 5.26 Å². The summed E-state index contributed by atoms with van der Waals surface area (Å²) < 4.78 is 6.44. The van der Waals surface area contributed by atoms with Crippen molar-refractivity contribution < 1.29 is 4.42 Å². The van der Waals surface area contributed by atoms with Crippen molar-refractivity contribution in [2.75, 3.05) is 0 Å². The Kier molecular flexibility index (Phi) is 7.42. The Morgan fingerprint density at radius 1 is 0.431 bits per heavy atom. The van der Waals surface area contributed by atoms with Gasteiger partial charge in [-0.15, -0.1) is 0 Å². The molecule has 0 bridgehead atoms. The van der Waals surface area contributed by atoms with E-state index < -0.39 is 0 Å². The second-order valence-electron chi connectivity index (χ2n) is 12.2. The van der Waals surface area contributed by atoms with Gasteiger partial charge in [-0.3, -0.25) is 4.98 Å². The summed E-state index contributed by atoms with van der Waals surface area (Å²) in [7, 11) is 0. The lowest BCUT2D eigenvalue weighted by Gasteiger charge is -2.09. The second-order valence-corrected chi connectivity index (χ2v) is 12.2. The Labute approximate surface area is 294 Å². The highest BCUT2D eigenvalue weighted by molar-refractivity contribution is 6.12. The molecule has 0 aliphatic heterocycles. The van der Waals surface area contributed by atoms with Gasteiger partial charge in [-0.05, 0) is 52.6 Å². The first-order valence-electron chi connectivity index (χ1n) is 16.6. The highest BCUT2D eigenvalue weighted by Crippen LogP contribution is 2.38. The minimum atomic E-state index is 0.543. The number of nitriles is 1. The van der Waals surface area contributed by atoms with Crippen LogP contribution in [0.1, 0.15) is 5.56 Å². The molecule has 0 atom stereocenters. The topological polar surface area (TPSA) is 88.5 Å². The van der Waals surface area contributed by atoms with Gasteiger partial charge in [-0.1, -0.05) is 127 Å². The molecule has 9 aromatic rings. The van der Waals surface area contributed by atoms with Gasteiger partial charge in [-0.2, -0.15) is 5.26 Å². The summed E-state index contributed by atoms with van der Waals surface area (Å²) in [5.41, 5.74) is 10.9. The van der Waals surface area contributed by atoms with Crippen LogP contribution >= 0.6 is 0 Å². The second kappa shape index (κ2) is 12.7. The van der Waals surface area contributed by atoms with Crippen LogP contribution in [0.5, 0.6) is 0 Å². The molecule has 6 nitrogen and oxygen atoms in total. The van der Waals surface area contributed by atoms with E-state index in [1.165, 1.54) is 5.56 Å². The van der Waals surface area contributed by atoms with E-state index in [-0.39, 0.29) is 0 Å². The fourth-order valence-corrected chi connectivity index (χ4v) is 6.46. The molecule has 51 heavy (non-hydrogen) atoms. The Hall–Kier alpha value is -7.23. The highest BCUT2D eigenvalue weighted by Gasteiger charge is 2.17. The maximum Gasteiger partial charge on any atom is 0.164 e. The number of benzene rings is 6. The maximum atomic E-state index is 9.36. The molecular formula is C45H27N5O. The molecule has 0 spiro atoms. The van der Waals surface area contributed by atoms with Crippen molar-refractivity contribution in [2.24, 2.45) is 0 Å². The summed E-state index contributed by atoms with van der Waals surface area (Å²) in [4.78, 5) is 19.6. The van der Waals surface area contributed by atoms with E-state index in [0.717, 1.165) is 66.6 Å².